The number of nitrogens with two attached hydrogens (primary N) is 1. The molecule has 0 amide bonds. The second-order valence-electron chi connectivity index (χ2n) is 4.47. The van der Waals surface area contributed by atoms with Gasteiger partial charge in [-0.15, -0.1) is 11.3 Å². The summed E-state index contributed by atoms with van der Waals surface area (Å²) in [6.07, 6.45) is 0.823. The molecule has 21 heavy (non-hydrogen) atoms. The molecule has 0 fully saturated rings. The van der Waals surface area contributed by atoms with Crippen LogP contribution >= 0.6 is 11.3 Å². The number of aryl methyl sites for hydroxylation is 1. The van der Waals surface area contributed by atoms with Gasteiger partial charge < -0.3 is 10.5 Å². The van der Waals surface area contributed by atoms with Gasteiger partial charge in [-0.25, -0.2) is 13.1 Å². The van der Waals surface area contributed by atoms with Crippen LogP contribution < -0.4 is 15.2 Å². The van der Waals surface area contributed by atoms with Crippen molar-refractivity contribution in [2.45, 2.75) is 24.1 Å². The number of hydrogen-bond donors (Lipinski definition) is 2. The SMILES string of the molecule is CCc1ccc(S(=O)(=O)NCc2cc(N)ccc2OC)s1. The van der Waals surface area contributed by atoms with E-state index in [9.17, 15) is 8.42 Å². The summed E-state index contributed by atoms with van der Waals surface area (Å²) >= 11 is 1.28. The van der Waals surface area contributed by atoms with E-state index in [1.165, 1.54) is 18.4 Å². The van der Waals surface area contributed by atoms with Gasteiger partial charge >= 0.3 is 0 Å². The zero-order valence-corrected chi connectivity index (χ0v) is 13.6. The van der Waals surface area contributed by atoms with Crippen LogP contribution in [-0.2, 0) is 23.0 Å². The zero-order valence-electron chi connectivity index (χ0n) is 11.9. The Labute approximate surface area is 128 Å². The van der Waals surface area contributed by atoms with Gasteiger partial charge in [0.25, 0.3) is 0 Å². The molecule has 0 saturated heterocycles. The molecule has 1 aromatic carbocycles. The van der Waals surface area contributed by atoms with Crippen LogP contribution in [0.3, 0.4) is 0 Å². The number of benzene rings is 1. The first-order valence-corrected chi connectivity index (χ1v) is 8.77. The van der Waals surface area contributed by atoms with Crippen molar-refractivity contribution < 1.29 is 13.2 Å². The molecule has 114 valence electrons. The van der Waals surface area contributed by atoms with Gasteiger partial charge in [-0.2, -0.15) is 0 Å². The second-order valence-corrected chi connectivity index (χ2v) is 7.63. The van der Waals surface area contributed by atoms with Crippen LogP contribution in [0.5, 0.6) is 5.75 Å². The highest BCUT2D eigenvalue weighted by molar-refractivity contribution is 7.91. The largest absolute Gasteiger partial charge is 0.496 e. The summed E-state index contributed by atoms with van der Waals surface area (Å²) in [6, 6.07) is 8.60. The molecule has 0 unspecified atom stereocenters. The minimum absolute atomic E-state index is 0.135. The first kappa shape index (κ1) is 15.8. The molecule has 0 spiro atoms. The van der Waals surface area contributed by atoms with Crippen molar-refractivity contribution in [3.8, 4) is 5.75 Å². The summed E-state index contributed by atoms with van der Waals surface area (Å²) in [5.41, 5.74) is 6.99. The highest BCUT2D eigenvalue weighted by Crippen LogP contribution is 2.24. The van der Waals surface area contributed by atoms with Gasteiger partial charge in [0.2, 0.25) is 10.0 Å². The van der Waals surface area contributed by atoms with Crippen LogP contribution in [0.4, 0.5) is 5.69 Å². The van der Waals surface area contributed by atoms with Crippen molar-refractivity contribution in [2.75, 3.05) is 12.8 Å². The van der Waals surface area contributed by atoms with Gasteiger partial charge in [0.1, 0.15) is 9.96 Å². The van der Waals surface area contributed by atoms with Crippen LogP contribution in [0.15, 0.2) is 34.5 Å². The predicted molar refractivity (Wildman–Crippen MR) is 85.1 cm³/mol. The maximum absolute atomic E-state index is 12.2. The standard InChI is InChI=1S/C14H18N2O3S2/c1-3-12-5-7-14(20-12)21(17,18)16-9-10-8-11(15)4-6-13(10)19-2/h4-8,16H,3,9,15H2,1-2H3. The molecule has 0 radical (unpaired) electrons. The van der Waals surface area contributed by atoms with Crippen LogP contribution in [-0.4, -0.2) is 15.5 Å². The second kappa shape index (κ2) is 6.46. The fraction of sp³-hybridized carbons (Fsp3) is 0.286. The maximum atomic E-state index is 12.2. The smallest absolute Gasteiger partial charge is 0.250 e. The van der Waals surface area contributed by atoms with Crippen LogP contribution in [0.2, 0.25) is 0 Å². The van der Waals surface area contributed by atoms with E-state index in [4.69, 9.17) is 10.5 Å². The zero-order chi connectivity index (χ0) is 15.5. The van der Waals surface area contributed by atoms with E-state index in [-0.39, 0.29) is 6.54 Å². The molecule has 1 aromatic heterocycles. The van der Waals surface area contributed by atoms with Crippen molar-refractivity contribution in [3.05, 3.63) is 40.8 Å². The lowest BCUT2D eigenvalue weighted by molar-refractivity contribution is 0.409. The molecular weight excluding hydrogens is 308 g/mol. The fourth-order valence-corrected chi connectivity index (χ4v) is 4.22. The number of ether oxygens (including phenoxy) is 1. The van der Waals surface area contributed by atoms with E-state index in [1.54, 1.807) is 24.3 Å². The van der Waals surface area contributed by atoms with Gasteiger partial charge in [-0.05, 0) is 36.8 Å². The minimum atomic E-state index is -3.51. The Bertz CT molecular complexity index is 724. The minimum Gasteiger partial charge on any atom is -0.496 e. The van der Waals surface area contributed by atoms with Crippen molar-refractivity contribution in [1.82, 2.24) is 4.72 Å². The van der Waals surface area contributed by atoms with Gasteiger partial charge in [0.05, 0.1) is 7.11 Å². The number of methoxy groups -OCH3 is 1. The summed E-state index contributed by atoms with van der Waals surface area (Å²) in [7, 11) is -1.98. The number of rotatable bonds is 6. The van der Waals surface area contributed by atoms with Crippen molar-refractivity contribution in [3.63, 3.8) is 0 Å². The molecule has 0 aliphatic rings. The molecule has 5 nitrogen and oxygen atoms in total. The Morgan fingerprint density at radius 2 is 2.05 bits per heavy atom. The third-order valence-electron chi connectivity index (χ3n) is 3.01. The average molecular weight is 326 g/mol. The molecule has 0 aliphatic heterocycles. The van der Waals surface area contributed by atoms with Crippen LogP contribution in [0.1, 0.15) is 17.4 Å². The van der Waals surface area contributed by atoms with E-state index < -0.39 is 10.0 Å². The molecule has 3 N–H and O–H groups in total. The van der Waals surface area contributed by atoms with Crippen LogP contribution in [0.25, 0.3) is 0 Å². The first-order valence-electron chi connectivity index (χ1n) is 6.47. The predicted octanol–water partition coefficient (Wildman–Crippen LogP) is 2.38. The quantitative estimate of drug-likeness (QED) is 0.799. The Kier molecular flexibility index (Phi) is 4.87. The molecule has 0 saturated carbocycles. The molecule has 2 aromatic rings. The Hall–Kier alpha value is -1.57. The lowest BCUT2D eigenvalue weighted by Gasteiger charge is -2.10. The van der Waals surface area contributed by atoms with E-state index in [0.717, 1.165) is 11.3 Å². The van der Waals surface area contributed by atoms with Gasteiger partial charge in [-0.1, -0.05) is 6.92 Å². The van der Waals surface area contributed by atoms with E-state index in [2.05, 4.69) is 4.72 Å². The summed E-state index contributed by atoms with van der Waals surface area (Å²) in [4.78, 5) is 1.04. The van der Waals surface area contributed by atoms with E-state index in [0.29, 0.717) is 21.2 Å². The Morgan fingerprint density at radius 3 is 2.67 bits per heavy atom. The number of hydrogen-bond acceptors (Lipinski definition) is 5. The molecule has 0 aliphatic carbocycles. The summed E-state index contributed by atoms with van der Waals surface area (Å²) < 4.78 is 32.6. The monoisotopic (exact) mass is 326 g/mol. The summed E-state index contributed by atoms with van der Waals surface area (Å²) in [5, 5.41) is 0. The summed E-state index contributed by atoms with van der Waals surface area (Å²) in [6.45, 7) is 2.13. The first-order chi connectivity index (χ1) is 9.96. The number of nitrogen functional groups attached to an aromatic ring is 1. The number of nitrogens with one attached hydrogen (secondary N) is 1. The third kappa shape index (κ3) is 3.75. The normalized spacial score (nSPS) is 11.5. The van der Waals surface area contributed by atoms with E-state index >= 15 is 0 Å². The molecule has 7 heteroatoms. The Morgan fingerprint density at radius 1 is 1.29 bits per heavy atom. The molecular formula is C14H18N2O3S2. The third-order valence-corrected chi connectivity index (χ3v) is 6.13. The van der Waals surface area contributed by atoms with Crippen molar-refractivity contribution in [2.24, 2.45) is 0 Å². The van der Waals surface area contributed by atoms with Crippen molar-refractivity contribution >= 4 is 27.0 Å². The number of thiophene rings is 1. The fourth-order valence-electron chi connectivity index (χ4n) is 1.87. The highest BCUT2D eigenvalue weighted by atomic mass is 32.2. The maximum Gasteiger partial charge on any atom is 0.250 e. The Balaban J connectivity index is 2.17. The van der Waals surface area contributed by atoms with Gasteiger partial charge in [0.15, 0.2) is 0 Å². The lowest BCUT2D eigenvalue weighted by atomic mass is 10.2. The number of sulfonamides is 1. The topological polar surface area (TPSA) is 81.4 Å². The van der Waals surface area contributed by atoms with Gasteiger partial charge in [0, 0.05) is 22.7 Å². The van der Waals surface area contributed by atoms with Crippen molar-refractivity contribution in [1.29, 1.82) is 0 Å². The molecule has 2 rings (SSSR count). The van der Waals surface area contributed by atoms with E-state index in [1.807, 2.05) is 13.0 Å². The molecule has 0 bridgehead atoms. The van der Waals surface area contributed by atoms with Crippen LogP contribution in [0, 0.1) is 0 Å². The summed E-state index contributed by atoms with van der Waals surface area (Å²) in [5.74, 6) is 0.604. The number of anilines is 1. The average Bonchev–Trinajstić information content (AvgIpc) is 2.95. The van der Waals surface area contributed by atoms with Gasteiger partial charge in [-0.3, -0.25) is 0 Å². The lowest BCUT2D eigenvalue weighted by Crippen LogP contribution is -2.22. The molecule has 0 atom stereocenters. The molecule has 1 heterocycles. The highest BCUT2D eigenvalue weighted by Gasteiger charge is 2.17.